The number of nitrogens with zero attached hydrogens (tertiary/aromatic N) is 3. The SMILES string of the molecule is Cc1ccnc(Sc2ccc(C#N)c(Br)c2F)n1. The van der Waals surface area contributed by atoms with Crippen LogP contribution in [-0.2, 0) is 0 Å². The highest BCUT2D eigenvalue weighted by molar-refractivity contribution is 9.10. The molecule has 6 heteroatoms. The molecule has 0 saturated heterocycles. The van der Waals surface area contributed by atoms with Crippen LogP contribution in [0.15, 0.2) is 38.9 Å². The van der Waals surface area contributed by atoms with E-state index in [9.17, 15) is 4.39 Å². The average Bonchev–Trinajstić information content (AvgIpc) is 2.35. The molecule has 1 aromatic heterocycles. The molecule has 0 radical (unpaired) electrons. The molecule has 0 aliphatic carbocycles. The van der Waals surface area contributed by atoms with Gasteiger partial charge in [0, 0.05) is 11.9 Å². The van der Waals surface area contributed by atoms with E-state index in [0.717, 1.165) is 17.5 Å². The molecule has 0 atom stereocenters. The minimum Gasteiger partial charge on any atom is -0.231 e. The number of rotatable bonds is 2. The number of halogens is 2. The number of benzene rings is 1. The van der Waals surface area contributed by atoms with Crippen LogP contribution in [-0.4, -0.2) is 9.97 Å². The Morgan fingerprint density at radius 3 is 2.83 bits per heavy atom. The van der Waals surface area contributed by atoms with E-state index >= 15 is 0 Å². The van der Waals surface area contributed by atoms with E-state index in [-0.39, 0.29) is 10.0 Å². The van der Waals surface area contributed by atoms with Crippen LogP contribution in [0.3, 0.4) is 0 Å². The Balaban J connectivity index is 2.36. The summed E-state index contributed by atoms with van der Waals surface area (Å²) in [6, 6.07) is 6.79. The van der Waals surface area contributed by atoms with Gasteiger partial charge in [-0.25, -0.2) is 14.4 Å². The molecule has 3 nitrogen and oxygen atoms in total. The summed E-state index contributed by atoms with van der Waals surface area (Å²) in [5.41, 5.74) is 1.09. The minimum absolute atomic E-state index is 0.169. The largest absolute Gasteiger partial charge is 0.231 e. The van der Waals surface area contributed by atoms with Crippen LogP contribution in [0.2, 0.25) is 0 Å². The summed E-state index contributed by atoms with van der Waals surface area (Å²) in [4.78, 5) is 8.62. The molecule has 0 fully saturated rings. The van der Waals surface area contributed by atoms with Crippen molar-refractivity contribution in [2.75, 3.05) is 0 Å². The third kappa shape index (κ3) is 2.68. The summed E-state index contributed by atoms with van der Waals surface area (Å²) in [5, 5.41) is 9.26. The summed E-state index contributed by atoms with van der Waals surface area (Å²) in [6.45, 7) is 1.84. The zero-order valence-corrected chi connectivity index (χ0v) is 11.7. The van der Waals surface area contributed by atoms with Crippen LogP contribution in [0.1, 0.15) is 11.3 Å². The second-order valence-corrected chi connectivity index (χ2v) is 5.24. The smallest absolute Gasteiger partial charge is 0.192 e. The van der Waals surface area contributed by atoms with E-state index in [1.54, 1.807) is 24.4 Å². The molecular weight excluding hydrogens is 317 g/mol. The number of hydrogen-bond donors (Lipinski definition) is 0. The van der Waals surface area contributed by atoms with E-state index in [1.165, 1.54) is 0 Å². The van der Waals surface area contributed by atoms with Crippen molar-refractivity contribution in [3.63, 3.8) is 0 Å². The first-order valence-electron chi connectivity index (χ1n) is 4.97. The quantitative estimate of drug-likeness (QED) is 0.790. The first kappa shape index (κ1) is 13.0. The van der Waals surface area contributed by atoms with E-state index in [0.29, 0.717) is 10.1 Å². The molecule has 0 saturated carbocycles. The number of aryl methyl sites for hydroxylation is 1. The van der Waals surface area contributed by atoms with Crippen LogP contribution in [0.5, 0.6) is 0 Å². The number of nitriles is 1. The van der Waals surface area contributed by atoms with Crippen molar-refractivity contribution in [1.82, 2.24) is 9.97 Å². The van der Waals surface area contributed by atoms with Crippen LogP contribution in [0.4, 0.5) is 4.39 Å². The molecule has 0 aliphatic rings. The second kappa shape index (κ2) is 5.46. The standard InChI is InChI=1S/C12H7BrFN3S/c1-7-4-5-16-12(17-7)18-9-3-2-8(6-15)10(13)11(9)14/h2-5H,1H3. The predicted molar refractivity (Wildman–Crippen MR) is 69.7 cm³/mol. The molecular formula is C12H7BrFN3S. The van der Waals surface area contributed by atoms with Crippen molar-refractivity contribution >= 4 is 27.7 Å². The molecule has 0 amide bonds. The van der Waals surface area contributed by atoms with Crippen molar-refractivity contribution in [1.29, 1.82) is 5.26 Å². The zero-order chi connectivity index (χ0) is 13.1. The summed E-state index contributed by atoms with van der Waals surface area (Å²) in [5.74, 6) is -0.468. The maximum Gasteiger partial charge on any atom is 0.192 e. The van der Waals surface area contributed by atoms with Gasteiger partial charge < -0.3 is 0 Å². The Kier molecular flexibility index (Phi) is 3.94. The monoisotopic (exact) mass is 323 g/mol. The lowest BCUT2D eigenvalue weighted by Gasteiger charge is -2.05. The molecule has 0 spiro atoms. The Morgan fingerprint density at radius 1 is 1.39 bits per heavy atom. The predicted octanol–water partition coefficient (Wildman–Crippen LogP) is 3.71. The maximum atomic E-state index is 14.0. The molecule has 0 bridgehead atoms. The fourth-order valence-electron chi connectivity index (χ4n) is 1.27. The molecule has 0 aliphatic heterocycles. The molecule has 1 heterocycles. The highest BCUT2D eigenvalue weighted by Gasteiger charge is 2.13. The van der Waals surface area contributed by atoms with Crippen LogP contribution in [0, 0.1) is 24.1 Å². The van der Waals surface area contributed by atoms with Gasteiger partial charge in [-0.1, -0.05) is 0 Å². The zero-order valence-electron chi connectivity index (χ0n) is 9.32. The summed E-state index contributed by atoms with van der Waals surface area (Å²) in [7, 11) is 0. The highest BCUT2D eigenvalue weighted by Crippen LogP contribution is 2.32. The van der Waals surface area contributed by atoms with Crippen molar-refractivity contribution in [2.45, 2.75) is 17.0 Å². The van der Waals surface area contributed by atoms with Gasteiger partial charge in [-0.15, -0.1) is 0 Å². The summed E-state index contributed by atoms with van der Waals surface area (Å²) < 4.78 is 14.1. The Bertz CT molecular complexity index is 640. The topological polar surface area (TPSA) is 49.6 Å². The second-order valence-electron chi connectivity index (χ2n) is 3.43. The van der Waals surface area contributed by atoms with Gasteiger partial charge in [0.05, 0.1) is 14.9 Å². The summed E-state index contributed by atoms with van der Waals surface area (Å²) in [6.07, 6.45) is 1.63. The van der Waals surface area contributed by atoms with Gasteiger partial charge in [0.2, 0.25) is 0 Å². The lowest BCUT2D eigenvalue weighted by atomic mass is 10.2. The third-order valence-electron chi connectivity index (χ3n) is 2.14. The van der Waals surface area contributed by atoms with Gasteiger partial charge in [0.25, 0.3) is 0 Å². The molecule has 2 aromatic rings. The number of hydrogen-bond acceptors (Lipinski definition) is 4. The van der Waals surface area contributed by atoms with E-state index in [2.05, 4.69) is 25.9 Å². The summed E-state index contributed by atoms with van der Waals surface area (Å²) >= 11 is 4.19. The van der Waals surface area contributed by atoms with Gasteiger partial charge in [-0.05, 0) is 52.8 Å². The van der Waals surface area contributed by atoms with Crippen molar-refractivity contribution in [2.24, 2.45) is 0 Å². The van der Waals surface area contributed by atoms with E-state index in [1.807, 2.05) is 13.0 Å². The Hall–Kier alpha value is -1.45. The molecule has 0 unspecified atom stereocenters. The molecule has 90 valence electrons. The molecule has 0 N–H and O–H groups in total. The van der Waals surface area contributed by atoms with Gasteiger partial charge in [-0.2, -0.15) is 5.26 Å². The van der Waals surface area contributed by atoms with Crippen molar-refractivity contribution < 1.29 is 4.39 Å². The normalized spacial score (nSPS) is 10.1. The minimum atomic E-state index is -0.468. The molecule has 2 rings (SSSR count). The van der Waals surface area contributed by atoms with Crippen LogP contribution in [0.25, 0.3) is 0 Å². The Morgan fingerprint density at radius 2 is 2.17 bits per heavy atom. The van der Waals surface area contributed by atoms with Crippen molar-refractivity contribution in [3.8, 4) is 6.07 Å². The third-order valence-corrected chi connectivity index (χ3v) is 3.83. The molecule has 1 aromatic carbocycles. The van der Waals surface area contributed by atoms with Crippen LogP contribution < -0.4 is 0 Å². The van der Waals surface area contributed by atoms with Crippen LogP contribution >= 0.6 is 27.7 Å². The van der Waals surface area contributed by atoms with E-state index < -0.39 is 5.82 Å². The fraction of sp³-hybridized carbons (Fsp3) is 0.0833. The lowest BCUT2D eigenvalue weighted by molar-refractivity contribution is 0.594. The first-order valence-corrected chi connectivity index (χ1v) is 6.58. The maximum absolute atomic E-state index is 14.0. The van der Waals surface area contributed by atoms with Gasteiger partial charge >= 0.3 is 0 Å². The van der Waals surface area contributed by atoms with Gasteiger partial charge in [0.1, 0.15) is 6.07 Å². The first-order chi connectivity index (χ1) is 8.61. The van der Waals surface area contributed by atoms with Gasteiger partial charge in [0.15, 0.2) is 11.0 Å². The van der Waals surface area contributed by atoms with E-state index in [4.69, 9.17) is 5.26 Å². The highest BCUT2D eigenvalue weighted by atomic mass is 79.9. The van der Waals surface area contributed by atoms with Crippen molar-refractivity contribution in [3.05, 3.63) is 45.9 Å². The fourth-order valence-corrected chi connectivity index (χ4v) is 2.66. The number of aromatic nitrogens is 2. The molecule has 18 heavy (non-hydrogen) atoms. The van der Waals surface area contributed by atoms with Gasteiger partial charge in [-0.3, -0.25) is 0 Å². The Labute approximate surface area is 116 Å². The lowest BCUT2D eigenvalue weighted by Crippen LogP contribution is -1.91. The average molecular weight is 324 g/mol.